The molecule has 2 nitrogen and oxygen atoms in total. The summed E-state index contributed by atoms with van der Waals surface area (Å²) in [5.41, 5.74) is 2.48. The molecule has 0 spiro atoms. The Hall–Kier alpha value is -1.04. The van der Waals surface area contributed by atoms with Gasteiger partial charge in [0.2, 0.25) is 0 Å². The SMILES string of the molecule is COC[C@H]([N-][C@@H](c1ccccc1)C(C)C)c1ccccc1.[Li+]. The molecule has 0 aliphatic heterocycles. The molecule has 0 saturated heterocycles. The molecule has 0 N–H and O–H groups in total. The van der Waals surface area contributed by atoms with Gasteiger partial charge in [-0.2, -0.15) is 0 Å². The summed E-state index contributed by atoms with van der Waals surface area (Å²) in [6.07, 6.45) is 0. The molecular weight excluding hydrogens is 265 g/mol. The number of nitrogens with zero attached hydrogens (tertiary/aromatic N) is 1. The van der Waals surface area contributed by atoms with Gasteiger partial charge < -0.3 is 10.1 Å². The van der Waals surface area contributed by atoms with Crippen LogP contribution < -0.4 is 18.9 Å². The first-order chi connectivity index (χ1) is 10.2. The summed E-state index contributed by atoms with van der Waals surface area (Å²) in [4.78, 5) is 0. The first-order valence-electron chi connectivity index (χ1n) is 7.51. The maximum atomic E-state index is 5.38. The van der Waals surface area contributed by atoms with Gasteiger partial charge in [0, 0.05) is 13.7 Å². The third kappa shape index (κ3) is 5.30. The molecule has 22 heavy (non-hydrogen) atoms. The number of hydrogen-bond acceptors (Lipinski definition) is 1. The average Bonchev–Trinajstić information content (AvgIpc) is 2.52. The van der Waals surface area contributed by atoms with Gasteiger partial charge in [-0.1, -0.05) is 97.6 Å². The molecule has 2 rings (SSSR count). The Morgan fingerprint density at radius 3 is 1.82 bits per heavy atom. The molecule has 3 heteroatoms. The van der Waals surface area contributed by atoms with Crippen molar-refractivity contribution in [2.24, 2.45) is 5.92 Å². The van der Waals surface area contributed by atoms with E-state index in [1.807, 2.05) is 12.1 Å². The Labute approximate surface area is 146 Å². The van der Waals surface area contributed by atoms with Gasteiger partial charge in [0.05, 0.1) is 0 Å². The Bertz CT molecular complexity index is 515. The third-order valence-electron chi connectivity index (χ3n) is 3.62. The van der Waals surface area contributed by atoms with Gasteiger partial charge in [-0.15, -0.1) is 6.04 Å². The Kier molecular flexibility index (Phi) is 8.53. The zero-order valence-electron chi connectivity index (χ0n) is 14.1. The number of rotatable bonds is 7. The van der Waals surface area contributed by atoms with Crippen LogP contribution in [0.5, 0.6) is 0 Å². The predicted octanol–water partition coefficient (Wildman–Crippen LogP) is 2.15. The van der Waals surface area contributed by atoms with Crippen molar-refractivity contribution in [2.45, 2.75) is 25.9 Å². The van der Waals surface area contributed by atoms with E-state index < -0.39 is 0 Å². The van der Waals surface area contributed by atoms with Crippen molar-refractivity contribution in [2.75, 3.05) is 13.7 Å². The Morgan fingerprint density at radius 1 is 0.864 bits per heavy atom. The zero-order valence-corrected chi connectivity index (χ0v) is 14.1. The molecule has 2 atom stereocenters. The van der Waals surface area contributed by atoms with E-state index in [1.165, 1.54) is 11.1 Å². The fraction of sp³-hybridized carbons (Fsp3) is 0.368. The summed E-state index contributed by atoms with van der Waals surface area (Å²) >= 11 is 0. The summed E-state index contributed by atoms with van der Waals surface area (Å²) in [7, 11) is 1.73. The molecule has 0 heterocycles. The van der Waals surface area contributed by atoms with Crippen LogP contribution in [0.25, 0.3) is 5.32 Å². The maximum absolute atomic E-state index is 5.38. The predicted molar refractivity (Wildman–Crippen MR) is 88.4 cm³/mol. The second-order valence-corrected chi connectivity index (χ2v) is 5.63. The largest absolute Gasteiger partial charge is 1.00 e. The van der Waals surface area contributed by atoms with Crippen LogP contribution in [-0.2, 0) is 4.74 Å². The van der Waals surface area contributed by atoms with Crippen molar-refractivity contribution in [3.63, 3.8) is 0 Å². The van der Waals surface area contributed by atoms with Crippen LogP contribution in [0, 0.1) is 5.92 Å². The van der Waals surface area contributed by atoms with Crippen LogP contribution in [0.15, 0.2) is 60.7 Å². The van der Waals surface area contributed by atoms with Gasteiger partial charge in [-0.25, -0.2) is 0 Å². The Balaban J connectivity index is 0.00000242. The summed E-state index contributed by atoms with van der Waals surface area (Å²) < 4.78 is 5.38. The summed E-state index contributed by atoms with van der Waals surface area (Å²) in [5, 5.41) is 5.08. The molecule has 0 saturated carbocycles. The average molecular weight is 289 g/mol. The van der Waals surface area contributed by atoms with Gasteiger partial charge in [0.25, 0.3) is 0 Å². The minimum absolute atomic E-state index is 0. The van der Waals surface area contributed by atoms with E-state index in [-0.39, 0.29) is 30.9 Å². The van der Waals surface area contributed by atoms with Crippen molar-refractivity contribution in [1.82, 2.24) is 0 Å². The van der Waals surface area contributed by atoms with Gasteiger partial charge in [-0.05, 0) is 0 Å². The molecule has 0 amide bonds. The van der Waals surface area contributed by atoms with Crippen molar-refractivity contribution in [3.05, 3.63) is 77.1 Å². The van der Waals surface area contributed by atoms with Crippen molar-refractivity contribution in [1.29, 1.82) is 0 Å². The van der Waals surface area contributed by atoms with Crippen LogP contribution in [0.3, 0.4) is 0 Å². The van der Waals surface area contributed by atoms with Crippen LogP contribution in [-0.4, -0.2) is 13.7 Å². The van der Waals surface area contributed by atoms with E-state index in [0.29, 0.717) is 12.5 Å². The van der Waals surface area contributed by atoms with Gasteiger partial charge in [-0.3, -0.25) is 0 Å². The van der Waals surface area contributed by atoms with Crippen LogP contribution in [0.4, 0.5) is 0 Å². The van der Waals surface area contributed by atoms with Crippen molar-refractivity contribution >= 4 is 0 Å². The topological polar surface area (TPSA) is 23.3 Å². The standard InChI is InChI=1S/C19H24NO.Li/c1-15(2)19(17-12-8-5-9-13-17)20-18(14-21-3)16-10-6-4-7-11-16;/h4-13,15,18-19H,14H2,1-3H3;/q-1;+1/t18-,19+;/m0./s1. The fourth-order valence-corrected chi connectivity index (χ4v) is 2.55. The number of hydrogen-bond donors (Lipinski definition) is 0. The van der Waals surface area contributed by atoms with E-state index in [4.69, 9.17) is 10.1 Å². The molecule has 0 aliphatic carbocycles. The minimum atomic E-state index is 0. The van der Waals surface area contributed by atoms with Gasteiger partial charge in [0.15, 0.2) is 0 Å². The molecule has 0 unspecified atom stereocenters. The Morgan fingerprint density at radius 2 is 1.36 bits per heavy atom. The van der Waals surface area contributed by atoms with Crippen LogP contribution >= 0.6 is 0 Å². The number of benzene rings is 2. The first kappa shape index (κ1) is 19.0. The van der Waals surface area contributed by atoms with E-state index in [2.05, 4.69) is 62.4 Å². The van der Waals surface area contributed by atoms with E-state index in [1.54, 1.807) is 7.11 Å². The molecule has 2 aromatic rings. The normalized spacial score (nSPS) is 13.5. The monoisotopic (exact) mass is 289 g/mol. The third-order valence-corrected chi connectivity index (χ3v) is 3.62. The molecule has 0 aliphatic rings. The van der Waals surface area contributed by atoms with E-state index in [0.717, 1.165) is 0 Å². The molecular formula is C19H24LiNO. The number of ether oxygens (including phenoxy) is 1. The maximum Gasteiger partial charge on any atom is 1.00 e. The van der Waals surface area contributed by atoms with Crippen molar-refractivity contribution < 1.29 is 23.6 Å². The quantitative estimate of drug-likeness (QED) is 0.716. The second-order valence-electron chi connectivity index (χ2n) is 5.63. The molecule has 0 radical (unpaired) electrons. The first-order valence-corrected chi connectivity index (χ1v) is 7.51. The summed E-state index contributed by atoms with van der Waals surface area (Å²) in [5.74, 6) is 0.454. The molecule has 0 bridgehead atoms. The summed E-state index contributed by atoms with van der Waals surface area (Å²) in [6.45, 7) is 5.05. The zero-order chi connectivity index (χ0) is 15.1. The minimum Gasteiger partial charge on any atom is -0.647 e. The summed E-state index contributed by atoms with van der Waals surface area (Å²) in [6, 6.07) is 21.2. The molecule has 0 aromatic heterocycles. The van der Waals surface area contributed by atoms with Crippen LogP contribution in [0.2, 0.25) is 0 Å². The van der Waals surface area contributed by atoms with Gasteiger partial charge >= 0.3 is 18.9 Å². The van der Waals surface area contributed by atoms with Crippen LogP contribution in [0.1, 0.15) is 37.1 Å². The molecule has 0 fully saturated rings. The number of methoxy groups -OCH3 is 1. The van der Waals surface area contributed by atoms with Crippen molar-refractivity contribution in [3.8, 4) is 0 Å². The second kappa shape index (κ2) is 9.87. The van der Waals surface area contributed by atoms with Gasteiger partial charge in [0.1, 0.15) is 0 Å². The smallest absolute Gasteiger partial charge is 0.647 e. The molecule has 2 aromatic carbocycles. The van der Waals surface area contributed by atoms with E-state index >= 15 is 0 Å². The van der Waals surface area contributed by atoms with E-state index in [9.17, 15) is 0 Å². The molecule has 112 valence electrons. The fourth-order valence-electron chi connectivity index (χ4n) is 2.55.